The van der Waals surface area contributed by atoms with Gasteiger partial charge >= 0.3 is 24.3 Å². The molecule has 3 rings (SSSR count). The van der Waals surface area contributed by atoms with Crippen LogP contribution in [0.2, 0.25) is 0 Å². The molecule has 0 saturated carbocycles. The van der Waals surface area contributed by atoms with Gasteiger partial charge in [0.2, 0.25) is 0 Å². The van der Waals surface area contributed by atoms with Crippen LogP contribution in [0.25, 0.3) is 10.6 Å². The first kappa shape index (κ1) is 30.3. The zero-order valence-corrected chi connectivity index (χ0v) is 19.6. The molecule has 0 aliphatic carbocycles. The number of hydrogen-bond acceptors (Lipinski definition) is 7. The highest BCUT2D eigenvalue weighted by atomic mass is 32.1. The number of anilines is 1. The Morgan fingerprint density at radius 2 is 1.56 bits per heavy atom. The summed E-state index contributed by atoms with van der Waals surface area (Å²) in [6.07, 6.45) is -6.18. The summed E-state index contributed by atoms with van der Waals surface area (Å²) in [6, 6.07) is 8.17. The number of pyridine rings is 1. The maximum atomic E-state index is 10.6. The van der Waals surface area contributed by atoms with E-state index in [2.05, 4.69) is 27.2 Å². The highest BCUT2D eigenvalue weighted by Gasteiger charge is 2.38. The molecule has 0 atom stereocenters. The van der Waals surface area contributed by atoms with E-state index in [4.69, 9.17) is 25.5 Å². The Hall–Kier alpha value is -3.69. The molecule has 0 fully saturated rings. The van der Waals surface area contributed by atoms with E-state index in [0.29, 0.717) is 5.13 Å². The van der Waals surface area contributed by atoms with Crippen molar-refractivity contribution in [1.29, 1.82) is 0 Å². The first-order valence-corrected chi connectivity index (χ1v) is 10.6. The highest BCUT2D eigenvalue weighted by molar-refractivity contribution is 7.18. The summed E-state index contributed by atoms with van der Waals surface area (Å²) >= 11 is 1.48. The second kappa shape index (κ2) is 12.9. The summed E-state index contributed by atoms with van der Waals surface area (Å²) in [7, 11) is 0. The molecule has 9 nitrogen and oxygen atoms in total. The number of nitrogen functional groups attached to an aromatic ring is 1. The summed E-state index contributed by atoms with van der Waals surface area (Å²) in [4.78, 5) is 27.6. The average Bonchev–Trinajstić information content (AvgIpc) is 3.33. The van der Waals surface area contributed by atoms with E-state index in [1.807, 2.05) is 36.9 Å². The molecule has 198 valence electrons. The van der Waals surface area contributed by atoms with Gasteiger partial charge in [-0.05, 0) is 44.9 Å². The van der Waals surface area contributed by atoms with Crippen LogP contribution in [0.1, 0.15) is 23.5 Å². The van der Waals surface area contributed by atoms with Crippen molar-refractivity contribution in [3.63, 3.8) is 0 Å². The number of carboxylic acid groups (broad SMARTS) is 2. The quantitative estimate of drug-likeness (QED) is 0.401. The van der Waals surface area contributed by atoms with Crippen molar-refractivity contribution >= 4 is 28.4 Å². The highest BCUT2D eigenvalue weighted by Crippen LogP contribution is 2.29. The second-order valence-corrected chi connectivity index (χ2v) is 7.94. The van der Waals surface area contributed by atoms with Crippen molar-refractivity contribution in [1.82, 2.24) is 19.7 Å². The lowest BCUT2D eigenvalue weighted by molar-refractivity contribution is -0.193. The van der Waals surface area contributed by atoms with Gasteiger partial charge in [-0.15, -0.1) is 0 Å². The van der Waals surface area contributed by atoms with Gasteiger partial charge in [0.05, 0.1) is 10.6 Å². The summed E-state index contributed by atoms with van der Waals surface area (Å²) in [5, 5.41) is 19.5. The molecule has 0 bridgehead atoms. The Morgan fingerprint density at radius 1 is 1.00 bits per heavy atom. The van der Waals surface area contributed by atoms with Crippen LogP contribution in [0.3, 0.4) is 0 Å². The number of nitrogens with zero attached hydrogens (tertiary/aromatic N) is 4. The summed E-state index contributed by atoms with van der Waals surface area (Å²) < 4.78 is 65.4. The molecule has 0 amide bonds. The zero-order chi connectivity index (χ0) is 27.7. The lowest BCUT2D eigenvalue weighted by Crippen LogP contribution is -2.21. The number of hydrogen-bond donors (Lipinski definition) is 3. The third-order valence-corrected chi connectivity index (χ3v) is 4.95. The van der Waals surface area contributed by atoms with Gasteiger partial charge in [0.1, 0.15) is 5.69 Å². The lowest BCUT2D eigenvalue weighted by atomic mass is 10.2. The van der Waals surface area contributed by atoms with E-state index in [0.717, 1.165) is 47.0 Å². The average molecular weight is 541 g/mol. The molecule has 0 aliphatic rings. The van der Waals surface area contributed by atoms with Crippen LogP contribution in [0, 0.1) is 13.8 Å². The number of carboxylic acids is 2. The normalized spacial score (nSPS) is 11.1. The number of carbonyl (C=O) groups is 2. The molecule has 0 radical (unpaired) electrons. The largest absolute Gasteiger partial charge is 0.490 e. The van der Waals surface area contributed by atoms with Gasteiger partial charge in [-0.2, -0.15) is 31.4 Å². The van der Waals surface area contributed by atoms with Gasteiger partial charge in [0, 0.05) is 24.1 Å². The molecular weight excluding hydrogens is 520 g/mol. The SMILES string of the molecule is Cc1cccc(CCCn2ccc(-c3sc(N)nc3C)n2)n1.O=C(O)C(F)(F)F.O=C(O)C(F)(F)F. The molecule has 3 heterocycles. The minimum Gasteiger partial charge on any atom is -0.475 e. The fraction of sp³-hybridized carbons (Fsp3) is 0.350. The van der Waals surface area contributed by atoms with Crippen molar-refractivity contribution in [2.24, 2.45) is 0 Å². The maximum absolute atomic E-state index is 10.6. The van der Waals surface area contributed by atoms with Gasteiger partial charge in [-0.25, -0.2) is 14.6 Å². The number of alkyl halides is 6. The Bertz CT molecular complexity index is 1140. The van der Waals surface area contributed by atoms with Crippen LogP contribution < -0.4 is 5.73 Å². The molecule has 0 unspecified atom stereocenters. The van der Waals surface area contributed by atoms with Gasteiger partial charge in [-0.1, -0.05) is 17.4 Å². The Labute approximate surface area is 204 Å². The van der Waals surface area contributed by atoms with Crippen molar-refractivity contribution in [2.75, 3.05) is 5.73 Å². The minimum absolute atomic E-state index is 0.590. The third kappa shape index (κ3) is 10.7. The second-order valence-electron chi connectivity index (χ2n) is 6.91. The molecule has 0 saturated heterocycles. The number of aromatic nitrogens is 4. The molecule has 36 heavy (non-hydrogen) atoms. The number of rotatable bonds is 5. The van der Waals surface area contributed by atoms with E-state index >= 15 is 0 Å². The van der Waals surface area contributed by atoms with E-state index in [1.54, 1.807) is 0 Å². The van der Waals surface area contributed by atoms with Gasteiger partial charge in [-0.3, -0.25) is 9.67 Å². The molecule has 3 aromatic heterocycles. The van der Waals surface area contributed by atoms with Crippen LogP contribution in [0.15, 0.2) is 30.5 Å². The number of aryl methyl sites for hydroxylation is 4. The summed E-state index contributed by atoms with van der Waals surface area (Å²) in [6.45, 7) is 4.86. The van der Waals surface area contributed by atoms with Crippen LogP contribution >= 0.6 is 11.3 Å². The maximum Gasteiger partial charge on any atom is 0.490 e. The van der Waals surface area contributed by atoms with Crippen LogP contribution in [-0.2, 0) is 22.6 Å². The van der Waals surface area contributed by atoms with E-state index in [1.165, 1.54) is 11.3 Å². The smallest absolute Gasteiger partial charge is 0.475 e. The monoisotopic (exact) mass is 541 g/mol. The zero-order valence-electron chi connectivity index (χ0n) is 18.8. The minimum atomic E-state index is -5.08. The molecular formula is C20H21F6N5O4S. The number of halogens is 6. The van der Waals surface area contributed by atoms with Gasteiger partial charge in [0.15, 0.2) is 5.13 Å². The standard InChI is InChI=1S/C16H19N5S.2C2HF3O2/c1-11-5-3-6-13(18-11)7-4-9-21-10-8-14(20-21)15-12(2)19-16(17)22-15;2*3-2(4,5)1(6)7/h3,5-6,8,10H,4,7,9H2,1-2H3,(H2,17,19);2*(H,6,7). The predicted molar refractivity (Wildman–Crippen MR) is 117 cm³/mol. The summed E-state index contributed by atoms with van der Waals surface area (Å²) in [5.41, 5.74) is 9.84. The van der Waals surface area contributed by atoms with Gasteiger partial charge < -0.3 is 15.9 Å². The number of thiazole rings is 1. The van der Waals surface area contributed by atoms with E-state index in [-0.39, 0.29) is 0 Å². The predicted octanol–water partition coefficient (Wildman–Crippen LogP) is 4.50. The van der Waals surface area contributed by atoms with Crippen molar-refractivity contribution in [3.05, 3.63) is 47.5 Å². The third-order valence-electron chi connectivity index (χ3n) is 3.94. The molecule has 16 heteroatoms. The van der Waals surface area contributed by atoms with Crippen LogP contribution in [-0.4, -0.2) is 54.3 Å². The molecule has 3 aromatic rings. The topological polar surface area (TPSA) is 144 Å². The Kier molecular flexibility index (Phi) is 10.8. The van der Waals surface area contributed by atoms with Crippen molar-refractivity contribution in [3.8, 4) is 10.6 Å². The van der Waals surface area contributed by atoms with Crippen LogP contribution in [0.4, 0.5) is 31.5 Å². The first-order chi connectivity index (χ1) is 16.5. The van der Waals surface area contributed by atoms with E-state index < -0.39 is 24.3 Å². The fourth-order valence-corrected chi connectivity index (χ4v) is 3.22. The van der Waals surface area contributed by atoms with Crippen molar-refractivity contribution < 1.29 is 46.1 Å². The van der Waals surface area contributed by atoms with Crippen molar-refractivity contribution in [2.45, 2.75) is 45.6 Å². The molecule has 4 N–H and O–H groups in total. The number of aliphatic carboxylic acids is 2. The van der Waals surface area contributed by atoms with Gasteiger partial charge in [0.25, 0.3) is 0 Å². The number of nitrogens with two attached hydrogens (primary N) is 1. The Morgan fingerprint density at radius 3 is 2.00 bits per heavy atom. The molecule has 0 aliphatic heterocycles. The molecule has 0 spiro atoms. The lowest BCUT2D eigenvalue weighted by Gasteiger charge is -2.03. The van der Waals surface area contributed by atoms with E-state index in [9.17, 15) is 26.3 Å². The Balaban J connectivity index is 0.000000383. The first-order valence-electron chi connectivity index (χ1n) is 9.80. The fourth-order valence-electron chi connectivity index (χ4n) is 2.42. The summed E-state index contributed by atoms with van der Waals surface area (Å²) in [5.74, 6) is -5.51. The van der Waals surface area contributed by atoms with Crippen LogP contribution in [0.5, 0.6) is 0 Å². The molecule has 0 aromatic carbocycles.